The van der Waals surface area contributed by atoms with Gasteiger partial charge in [0, 0.05) is 17.7 Å². The maximum Gasteiger partial charge on any atom is 0.229 e. The number of benzene rings is 2. The quantitative estimate of drug-likeness (QED) is 0.251. The minimum Gasteiger partial charge on any atom is -0.507 e. The van der Waals surface area contributed by atoms with Crippen LogP contribution >= 0.6 is 0 Å². The lowest BCUT2D eigenvalue weighted by atomic mass is 9.99. The van der Waals surface area contributed by atoms with E-state index in [0.29, 0.717) is 5.56 Å². The van der Waals surface area contributed by atoms with Crippen molar-refractivity contribution < 1.29 is 49.7 Å². The Balaban J connectivity index is 1.76. The minimum atomic E-state index is -1.70. The Bertz CT molecular complexity index is 919. The number of ketones is 2. The van der Waals surface area contributed by atoms with Gasteiger partial charge in [-0.3, -0.25) is 9.59 Å². The van der Waals surface area contributed by atoms with Gasteiger partial charge in [-0.15, -0.1) is 0 Å². The summed E-state index contributed by atoms with van der Waals surface area (Å²) in [6.45, 7) is -0.663. The molecule has 0 aromatic heterocycles. The summed E-state index contributed by atoms with van der Waals surface area (Å²) in [6, 6.07) is 9.97. The van der Waals surface area contributed by atoms with E-state index in [1.54, 1.807) is 18.2 Å². The normalized spacial score (nSPS) is 25.7. The van der Waals surface area contributed by atoms with E-state index < -0.39 is 72.4 Å². The van der Waals surface area contributed by atoms with Crippen molar-refractivity contribution in [2.45, 2.75) is 37.1 Å². The molecule has 1 aliphatic rings. The molecular weight excluding hydrogens is 412 g/mol. The van der Waals surface area contributed by atoms with E-state index in [-0.39, 0.29) is 5.75 Å². The van der Waals surface area contributed by atoms with Gasteiger partial charge in [-0.05, 0) is 0 Å². The molecule has 166 valence electrons. The van der Waals surface area contributed by atoms with Crippen molar-refractivity contribution in [2.75, 3.05) is 6.61 Å². The van der Waals surface area contributed by atoms with Crippen LogP contribution in [0.2, 0.25) is 0 Å². The summed E-state index contributed by atoms with van der Waals surface area (Å²) in [5.74, 6) is -2.89. The molecule has 10 nitrogen and oxygen atoms in total. The molecule has 0 unspecified atom stereocenters. The molecule has 2 aromatic rings. The van der Waals surface area contributed by atoms with Crippen molar-refractivity contribution in [3.8, 4) is 17.2 Å². The van der Waals surface area contributed by atoms with E-state index >= 15 is 0 Å². The Morgan fingerprint density at radius 1 is 0.903 bits per heavy atom. The van der Waals surface area contributed by atoms with E-state index in [1.807, 2.05) is 0 Å². The fourth-order valence-corrected chi connectivity index (χ4v) is 3.20. The zero-order chi connectivity index (χ0) is 22.7. The molecular formula is C21H22O10. The molecule has 31 heavy (non-hydrogen) atoms. The standard InChI is InChI=1S/C21H22O10/c22-9-16-18(27)19(28)20(29)21(31-16)30-11-6-13(24)17(14(25)7-11)15(26)8-12(23)10-4-2-1-3-5-10/h1-7,16,18-22,24-25,27-29H,8-9H2/t16-,18+,19-,20+,21-/m1/s1. The summed E-state index contributed by atoms with van der Waals surface area (Å²) >= 11 is 0. The Morgan fingerprint density at radius 2 is 1.52 bits per heavy atom. The van der Waals surface area contributed by atoms with Crippen LogP contribution in [0.5, 0.6) is 17.2 Å². The van der Waals surface area contributed by atoms with Crippen molar-refractivity contribution in [2.24, 2.45) is 0 Å². The number of carbonyl (C=O) groups is 2. The zero-order valence-electron chi connectivity index (χ0n) is 16.2. The topological polar surface area (TPSA) is 174 Å². The van der Waals surface area contributed by atoms with Gasteiger partial charge in [0.1, 0.15) is 47.2 Å². The summed E-state index contributed by atoms with van der Waals surface area (Å²) < 4.78 is 10.5. The van der Waals surface area contributed by atoms with E-state index in [1.165, 1.54) is 12.1 Å². The number of aromatic hydroxyl groups is 2. The highest BCUT2D eigenvalue weighted by atomic mass is 16.7. The third-order valence-corrected chi connectivity index (χ3v) is 4.87. The molecule has 1 heterocycles. The Hall–Kier alpha value is -3.02. The van der Waals surface area contributed by atoms with Crippen LogP contribution in [-0.2, 0) is 4.74 Å². The molecule has 5 atom stereocenters. The minimum absolute atomic E-state index is 0.231. The first kappa shape index (κ1) is 22.7. The predicted octanol–water partition coefficient (Wildman–Crippen LogP) is -0.268. The first-order valence-electron chi connectivity index (χ1n) is 9.37. The number of carbonyl (C=O) groups excluding carboxylic acids is 2. The molecule has 2 aromatic carbocycles. The highest BCUT2D eigenvalue weighted by Crippen LogP contribution is 2.35. The first-order chi connectivity index (χ1) is 14.7. The number of hydrogen-bond acceptors (Lipinski definition) is 10. The second-order valence-corrected chi connectivity index (χ2v) is 7.04. The Labute approximate surface area is 176 Å². The van der Waals surface area contributed by atoms with Crippen molar-refractivity contribution in [3.05, 3.63) is 53.6 Å². The summed E-state index contributed by atoms with van der Waals surface area (Å²) in [6.07, 6.45) is -8.30. The van der Waals surface area contributed by atoms with Crippen LogP contribution in [0.15, 0.2) is 42.5 Å². The average Bonchev–Trinajstić information content (AvgIpc) is 2.74. The highest BCUT2D eigenvalue weighted by molar-refractivity contribution is 6.15. The highest BCUT2D eigenvalue weighted by Gasteiger charge is 2.44. The predicted molar refractivity (Wildman–Crippen MR) is 104 cm³/mol. The lowest BCUT2D eigenvalue weighted by Gasteiger charge is -2.39. The van der Waals surface area contributed by atoms with Gasteiger partial charge in [0.05, 0.1) is 13.0 Å². The number of aliphatic hydroxyl groups is 4. The number of Topliss-reactive ketones (excluding diaryl/α,β-unsaturated/α-hetero) is 2. The van der Waals surface area contributed by atoms with E-state index in [9.17, 15) is 40.2 Å². The maximum absolute atomic E-state index is 12.4. The molecule has 0 radical (unpaired) electrons. The number of rotatable bonds is 7. The fourth-order valence-electron chi connectivity index (χ4n) is 3.20. The van der Waals surface area contributed by atoms with Crippen molar-refractivity contribution in [1.82, 2.24) is 0 Å². The van der Waals surface area contributed by atoms with Gasteiger partial charge in [-0.25, -0.2) is 0 Å². The van der Waals surface area contributed by atoms with Gasteiger partial charge >= 0.3 is 0 Å². The molecule has 0 bridgehead atoms. The number of hydrogen-bond donors (Lipinski definition) is 6. The van der Waals surface area contributed by atoms with Crippen molar-refractivity contribution >= 4 is 11.6 Å². The van der Waals surface area contributed by atoms with Crippen LogP contribution in [-0.4, -0.2) is 79.5 Å². The van der Waals surface area contributed by atoms with Gasteiger partial charge in [-0.1, -0.05) is 30.3 Å². The number of aliphatic hydroxyl groups excluding tert-OH is 4. The van der Waals surface area contributed by atoms with Crippen LogP contribution in [0, 0.1) is 0 Å². The summed E-state index contributed by atoms with van der Waals surface area (Å²) in [7, 11) is 0. The third kappa shape index (κ3) is 4.84. The molecule has 10 heteroatoms. The van der Waals surface area contributed by atoms with Crippen LogP contribution in [0.4, 0.5) is 0 Å². The van der Waals surface area contributed by atoms with E-state index in [2.05, 4.69) is 0 Å². The summed E-state index contributed by atoms with van der Waals surface area (Å²) in [4.78, 5) is 24.7. The molecule has 6 N–H and O–H groups in total. The average molecular weight is 434 g/mol. The fraction of sp³-hybridized carbons (Fsp3) is 0.333. The van der Waals surface area contributed by atoms with Gasteiger partial charge in [0.2, 0.25) is 6.29 Å². The van der Waals surface area contributed by atoms with Crippen LogP contribution < -0.4 is 4.74 Å². The Kier molecular flexibility index (Phi) is 6.88. The second kappa shape index (κ2) is 9.41. The number of ether oxygens (including phenoxy) is 2. The zero-order valence-corrected chi connectivity index (χ0v) is 16.2. The summed E-state index contributed by atoms with van der Waals surface area (Å²) in [5.41, 5.74) is -0.178. The molecule has 1 aliphatic heterocycles. The number of phenolic OH excluding ortho intramolecular Hbond substituents is 2. The van der Waals surface area contributed by atoms with Gasteiger partial charge in [-0.2, -0.15) is 0 Å². The van der Waals surface area contributed by atoms with Crippen LogP contribution in [0.1, 0.15) is 27.1 Å². The Morgan fingerprint density at radius 3 is 2.10 bits per heavy atom. The molecule has 1 fully saturated rings. The lowest BCUT2D eigenvalue weighted by molar-refractivity contribution is -0.277. The smallest absolute Gasteiger partial charge is 0.229 e. The maximum atomic E-state index is 12.4. The lowest BCUT2D eigenvalue weighted by Crippen LogP contribution is -2.60. The van der Waals surface area contributed by atoms with E-state index in [4.69, 9.17) is 9.47 Å². The summed E-state index contributed by atoms with van der Waals surface area (Å²) in [5, 5.41) is 59.2. The van der Waals surface area contributed by atoms with Gasteiger partial charge in [0.25, 0.3) is 0 Å². The molecule has 3 rings (SSSR count). The van der Waals surface area contributed by atoms with Gasteiger partial charge < -0.3 is 40.1 Å². The van der Waals surface area contributed by atoms with Crippen LogP contribution in [0.25, 0.3) is 0 Å². The van der Waals surface area contributed by atoms with E-state index in [0.717, 1.165) is 12.1 Å². The first-order valence-corrected chi connectivity index (χ1v) is 9.37. The molecule has 1 saturated heterocycles. The molecule has 0 saturated carbocycles. The van der Waals surface area contributed by atoms with Crippen molar-refractivity contribution in [1.29, 1.82) is 0 Å². The second-order valence-electron chi connectivity index (χ2n) is 7.04. The third-order valence-electron chi connectivity index (χ3n) is 4.87. The SMILES string of the molecule is O=C(CC(=O)c1c(O)cc(O[C@@H]2O[C@H](CO)[C@H](O)[C@@H](O)[C@@H]2O)cc1O)c1ccccc1. The monoisotopic (exact) mass is 434 g/mol. The molecule has 0 spiro atoms. The van der Waals surface area contributed by atoms with Crippen molar-refractivity contribution in [3.63, 3.8) is 0 Å². The van der Waals surface area contributed by atoms with Crippen LogP contribution in [0.3, 0.4) is 0 Å². The molecule has 0 amide bonds. The van der Waals surface area contributed by atoms with Gasteiger partial charge in [0.15, 0.2) is 11.6 Å². The molecule has 0 aliphatic carbocycles. The number of phenols is 2. The largest absolute Gasteiger partial charge is 0.507 e.